The Hall–Kier alpha value is -3.05. The zero-order valence-electron chi connectivity index (χ0n) is 17.9. The Morgan fingerprint density at radius 3 is 2.34 bits per heavy atom. The number of aromatic nitrogens is 1. The number of halogens is 3. The number of carbonyl (C=O) groups is 2. The van der Waals surface area contributed by atoms with Crippen molar-refractivity contribution in [3.8, 4) is 0 Å². The van der Waals surface area contributed by atoms with Crippen LogP contribution in [0.1, 0.15) is 5.56 Å². The van der Waals surface area contributed by atoms with Crippen molar-refractivity contribution in [2.45, 2.75) is 11.3 Å². The Morgan fingerprint density at radius 1 is 1.06 bits per heavy atom. The van der Waals surface area contributed by atoms with Gasteiger partial charge in [-0.1, -0.05) is 23.2 Å². The lowest BCUT2D eigenvalue weighted by Crippen LogP contribution is -2.36. The van der Waals surface area contributed by atoms with E-state index >= 15 is 0 Å². The van der Waals surface area contributed by atoms with Crippen molar-refractivity contribution in [3.05, 3.63) is 76.5 Å². The van der Waals surface area contributed by atoms with Gasteiger partial charge in [-0.15, -0.1) is 12.4 Å². The summed E-state index contributed by atoms with van der Waals surface area (Å²) in [7, 11) is -4.30. The maximum absolute atomic E-state index is 13.3. The third kappa shape index (κ3) is 5.79. The molecule has 9 nitrogen and oxygen atoms in total. The Bertz CT molecular complexity index is 1350. The molecule has 2 amide bonds. The quantitative estimate of drug-likeness (QED) is 0.454. The van der Waals surface area contributed by atoms with E-state index in [1.165, 1.54) is 29.2 Å². The molecule has 0 fully saturated rings. The van der Waals surface area contributed by atoms with E-state index in [0.717, 1.165) is 4.31 Å². The number of hydrogen-bond acceptors (Lipinski definition) is 5. The molecule has 13 heteroatoms. The number of pyridine rings is 1. The van der Waals surface area contributed by atoms with Crippen molar-refractivity contribution in [3.63, 3.8) is 0 Å². The smallest absolute Gasteiger partial charge is 0.326 e. The van der Waals surface area contributed by atoms with E-state index in [-0.39, 0.29) is 39.1 Å². The summed E-state index contributed by atoms with van der Waals surface area (Å²) in [6.45, 7) is -0.428. The fourth-order valence-corrected chi connectivity index (χ4v) is 5.76. The lowest BCUT2D eigenvalue weighted by Gasteiger charge is -2.24. The molecule has 2 N–H and O–H groups in total. The van der Waals surface area contributed by atoms with Crippen molar-refractivity contribution in [2.24, 2.45) is 0 Å². The highest BCUT2D eigenvalue weighted by molar-refractivity contribution is 7.92. The van der Waals surface area contributed by atoms with Crippen LogP contribution < -0.4 is 14.5 Å². The number of fused-ring (bicyclic) bond motifs is 1. The summed E-state index contributed by atoms with van der Waals surface area (Å²) in [5.41, 5.74) is 2.04. The lowest BCUT2D eigenvalue weighted by molar-refractivity contribution is -0.135. The second kappa shape index (κ2) is 10.7. The first kappa shape index (κ1) is 26.6. The predicted molar refractivity (Wildman–Crippen MR) is 137 cm³/mol. The topological polar surface area (TPSA) is 120 Å². The molecule has 184 valence electrons. The fraction of sp³-hybridized carbons (Fsp3) is 0.136. The molecule has 1 aliphatic rings. The molecule has 0 radical (unpaired) electrons. The van der Waals surface area contributed by atoms with Gasteiger partial charge in [-0.05, 0) is 60.5 Å². The van der Waals surface area contributed by atoms with Crippen LogP contribution in [0.15, 0.2) is 65.8 Å². The summed E-state index contributed by atoms with van der Waals surface area (Å²) in [5.74, 6) is -1.34. The Balaban J connectivity index is 0.00000342. The number of benzene rings is 2. The number of nitrogens with zero attached hydrogens (tertiary/aromatic N) is 3. The van der Waals surface area contributed by atoms with Gasteiger partial charge >= 0.3 is 12.0 Å². The van der Waals surface area contributed by atoms with E-state index in [1.807, 2.05) is 0 Å². The third-order valence-electron chi connectivity index (χ3n) is 5.13. The van der Waals surface area contributed by atoms with E-state index in [0.29, 0.717) is 29.9 Å². The van der Waals surface area contributed by atoms with Gasteiger partial charge in [0.05, 0.1) is 10.6 Å². The molecule has 0 unspecified atom stereocenters. The fourth-order valence-electron chi connectivity index (χ4n) is 3.62. The zero-order valence-corrected chi connectivity index (χ0v) is 21.0. The number of carboxylic acid groups (broad SMARTS) is 1. The van der Waals surface area contributed by atoms with Crippen molar-refractivity contribution >= 4 is 74.7 Å². The summed E-state index contributed by atoms with van der Waals surface area (Å²) < 4.78 is 27.4. The van der Waals surface area contributed by atoms with Gasteiger partial charge in [0, 0.05) is 40.4 Å². The maximum atomic E-state index is 13.3. The van der Waals surface area contributed by atoms with Crippen LogP contribution in [0.25, 0.3) is 0 Å². The van der Waals surface area contributed by atoms with Crippen LogP contribution in [0.3, 0.4) is 0 Å². The summed E-state index contributed by atoms with van der Waals surface area (Å²) in [6, 6.07) is 11.4. The first-order valence-electron chi connectivity index (χ1n) is 9.97. The average molecular weight is 558 g/mol. The number of carboxylic acids is 1. The predicted octanol–water partition coefficient (Wildman–Crippen LogP) is 4.68. The molecule has 1 aliphatic heterocycles. The second-order valence-electron chi connectivity index (χ2n) is 7.39. The minimum absolute atomic E-state index is 0. The van der Waals surface area contributed by atoms with Crippen LogP contribution in [0, 0.1) is 0 Å². The lowest BCUT2D eigenvalue weighted by atomic mass is 10.1. The summed E-state index contributed by atoms with van der Waals surface area (Å²) in [5, 5.41) is 12.4. The monoisotopic (exact) mass is 556 g/mol. The molecule has 2 heterocycles. The normalized spacial score (nSPS) is 12.5. The number of nitrogens with one attached hydrogen (secondary N) is 1. The molecule has 3 aromatic rings. The number of rotatable bonds is 6. The van der Waals surface area contributed by atoms with E-state index in [2.05, 4.69) is 10.3 Å². The number of aliphatic carboxylic acids is 1. The number of hydrogen-bond donors (Lipinski definition) is 2. The molecular weight excluding hydrogens is 539 g/mol. The SMILES string of the molecule is Cl.O=C(O)CN(c1ccc2c(c1)CCN2C(=O)Nc1ccncc1)S(=O)(=O)c1cc(Cl)cc(Cl)c1. The molecule has 0 aliphatic carbocycles. The van der Waals surface area contributed by atoms with Gasteiger partial charge in [-0.3, -0.25) is 19.0 Å². The van der Waals surface area contributed by atoms with Gasteiger partial charge in [0.15, 0.2) is 0 Å². The highest BCUT2D eigenvalue weighted by Crippen LogP contribution is 2.35. The zero-order chi connectivity index (χ0) is 24.5. The van der Waals surface area contributed by atoms with Crippen LogP contribution >= 0.6 is 35.6 Å². The molecule has 0 saturated carbocycles. The molecule has 4 rings (SSSR count). The van der Waals surface area contributed by atoms with Gasteiger partial charge < -0.3 is 10.4 Å². The Kier molecular flexibility index (Phi) is 8.11. The average Bonchev–Trinajstić information content (AvgIpc) is 3.20. The maximum Gasteiger partial charge on any atom is 0.326 e. The minimum Gasteiger partial charge on any atom is -0.480 e. The van der Waals surface area contributed by atoms with Gasteiger partial charge in [-0.25, -0.2) is 13.2 Å². The van der Waals surface area contributed by atoms with Gasteiger partial charge in [0.25, 0.3) is 10.0 Å². The molecular formula is C22H19Cl3N4O5S. The van der Waals surface area contributed by atoms with Crippen molar-refractivity contribution < 1.29 is 23.1 Å². The Morgan fingerprint density at radius 2 is 1.71 bits per heavy atom. The largest absolute Gasteiger partial charge is 0.480 e. The van der Waals surface area contributed by atoms with Gasteiger partial charge in [0.1, 0.15) is 6.54 Å². The third-order valence-corrected chi connectivity index (χ3v) is 7.31. The first-order valence-corrected chi connectivity index (χ1v) is 12.2. The van der Waals surface area contributed by atoms with Gasteiger partial charge in [0.2, 0.25) is 0 Å². The number of urea groups is 1. The van der Waals surface area contributed by atoms with Crippen LogP contribution in [-0.4, -0.2) is 43.6 Å². The Labute approximate surface area is 217 Å². The summed E-state index contributed by atoms with van der Waals surface area (Å²) in [6.07, 6.45) is 3.59. The standard InChI is InChI=1S/C22H18Cl2N4O5S.ClH/c23-15-10-16(24)12-19(11-15)34(32,33)28(13-21(29)30)18-1-2-20-14(9-18)5-8-27(20)22(31)26-17-3-6-25-7-4-17;/h1-4,6-7,9-12H,5,8,13H2,(H,29,30)(H,25,26,31);1H. The highest BCUT2D eigenvalue weighted by atomic mass is 35.5. The molecule has 0 spiro atoms. The minimum atomic E-state index is -4.30. The first-order chi connectivity index (χ1) is 16.1. The highest BCUT2D eigenvalue weighted by Gasteiger charge is 2.31. The number of carbonyl (C=O) groups excluding carboxylic acids is 1. The van der Waals surface area contributed by atoms with Crippen molar-refractivity contribution in [1.29, 1.82) is 0 Å². The second-order valence-corrected chi connectivity index (χ2v) is 10.1. The molecule has 0 saturated heterocycles. The molecule has 0 atom stereocenters. The van der Waals surface area contributed by atoms with E-state index in [4.69, 9.17) is 23.2 Å². The molecule has 2 aromatic carbocycles. The number of anilines is 3. The van der Waals surface area contributed by atoms with Crippen molar-refractivity contribution in [2.75, 3.05) is 27.6 Å². The van der Waals surface area contributed by atoms with Crippen LogP contribution in [0.2, 0.25) is 10.0 Å². The van der Waals surface area contributed by atoms with Gasteiger partial charge in [-0.2, -0.15) is 0 Å². The van der Waals surface area contributed by atoms with E-state index in [1.54, 1.807) is 36.7 Å². The van der Waals surface area contributed by atoms with E-state index in [9.17, 15) is 23.1 Å². The van der Waals surface area contributed by atoms with E-state index < -0.39 is 22.5 Å². The van der Waals surface area contributed by atoms with Crippen LogP contribution in [0.5, 0.6) is 0 Å². The molecule has 0 bridgehead atoms. The van der Waals surface area contributed by atoms with Crippen molar-refractivity contribution in [1.82, 2.24) is 4.98 Å². The summed E-state index contributed by atoms with van der Waals surface area (Å²) >= 11 is 11.9. The van der Waals surface area contributed by atoms with Crippen LogP contribution in [-0.2, 0) is 21.2 Å². The molecule has 1 aromatic heterocycles. The number of amides is 2. The number of sulfonamides is 1. The molecule has 35 heavy (non-hydrogen) atoms. The van der Waals surface area contributed by atoms with Crippen LogP contribution in [0.4, 0.5) is 21.9 Å². The summed E-state index contributed by atoms with van der Waals surface area (Å²) in [4.78, 5) is 29.5.